The van der Waals surface area contributed by atoms with Crippen LogP contribution in [0.2, 0.25) is 0 Å². The molecule has 2 bridgehead atoms. The van der Waals surface area contributed by atoms with Crippen LogP contribution in [-0.4, -0.2) is 124 Å². The summed E-state index contributed by atoms with van der Waals surface area (Å²) >= 11 is 5.36. The molecule has 0 radical (unpaired) electrons. The first kappa shape index (κ1) is 28.9. The molecule has 1 spiro atoms. The number of fused-ring (bicyclic) bond motifs is 1. The molecule has 11 heteroatoms. The van der Waals surface area contributed by atoms with Crippen molar-refractivity contribution in [2.75, 3.05) is 59.2 Å². The van der Waals surface area contributed by atoms with Crippen molar-refractivity contribution >= 4 is 45.5 Å². The van der Waals surface area contributed by atoms with Crippen LogP contribution >= 0.6 is 27.7 Å². The van der Waals surface area contributed by atoms with Gasteiger partial charge in [-0.15, -0.1) is 18.3 Å². The monoisotopic (exact) mass is 601 g/mol. The minimum absolute atomic E-state index is 0.0148. The summed E-state index contributed by atoms with van der Waals surface area (Å²) in [5.41, 5.74) is 0. The third-order valence-corrected chi connectivity index (χ3v) is 11.5. The zero-order chi connectivity index (χ0) is 26.9. The minimum atomic E-state index is -0.774. The van der Waals surface area contributed by atoms with Crippen LogP contribution in [0.1, 0.15) is 27.2 Å². The average molecular weight is 603 g/mol. The van der Waals surface area contributed by atoms with Gasteiger partial charge in [-0.3, -0.25) is 19.3 Å². The number of carbonyl (C=O) groups excluding carboxylic acids is 3. The predicted molar refractivity (Wildman–Crippen MR) is 145 cm³/mol. The van der Waals surface area contributed by atoms with Gasteiger partial charge >= 0.3 is 5.97 Å². The number of esters is 1. The number of morpholine rings is 1. The topological polar surface area (TPSA) is 99.6 Å². The number of hydrogen-bond acceptors (Lipinski definition) is 8. The number of hydrogen-bond donors (Lipinski definition) is 1. The van der Waals surface area contributed by atoms with Crippen molar-refractivity contribution in [2.24, 2.45) is 17.8 Å². The number of aliphatic hydroxyl groups is 1. The standard InChI is InChI=1S/C26H40BrN3O6S/c1-5-7-29(9-8-28-10-12-35-13-11-28)24(33)22-26-14-17(27)21(37-26)19(25(34)36-6-2)20(26)23(32)30(22)18(15-31)16(3)4/h5,16-22,31H,1,6-15H2,2-4H3/t17?,18-,19-,20-,21-,22?,26?/m0/s1. The Balaban J connectivity index is 1.71. The van der Waals surface area contributed by atoms with Gasteiger partial charge in [-0.25, -0.2) is 0 Å². The lowest BCUT2D eigenvalue weighted by Gasteiger charge is -2.41. The molecule has 4 saturated heterocycles. The summed E-state index contributed by atoms with van der Waals surface area (Å²) in [5.74, 6) is -2.07. The van der Waals surface area contributed by atoms with Crippen molar-refractivity contribution < 1.29 is 29.0 Å². The second-order valence-corrected chi connectivity index (χ2v) is 13.4. The largest absolute Gasteiger partial charge is 0.466 e. The van der Waals surface area contributed by atoms with Gasteiger partial charge in [0.25, 0.3) is 0 Å². The second kappa shape index (κ2) is 11.9. The molecular formula is C26H40BrN3O6S. The Morgan fingerprint density at radius 2 is 2.08 bits per heavy atom. The molecule has 1 N–H and O–H groups in total. The van der Waals surface area contributed by atoms with E-state index in [1.807, 2.05) is 13.8 Å². The fourth-order valence-electron chi connectivity index (χ4n) is 6.54. The van der Waals surface area contributed by atoms with E-state index in [0.29, 0.717) is 39.3 Å². The molecule has 4 rings (SSSR count). The second-order valence-electron chi connectivity index (χ2n) is 10.7. The molecule has 4 aliphatic rings. The molecule has 7 atom stereocenters. The van der Waals surface area contributed by atoms with Crippen LogP contribution in [0.15, 0.2) is 12.7 Å². The summed E-state index contributed by atoms with van der Waals surface area (Å²) in [6, 6.07) is -1.30. The van der Waals surface area contributed by atoms with Gasteiger partial charge < -0.3 is 24.4 Å². The first-order valence-corrected chi connectivity index (χ1v) is 15.1. The van der Waals surface area contributed by atoms with Crippen molar-refractivity contribution in [2.45, 2.75) is 54.1 Å². The van der Waals surface area contributed by atoms with Crippen LogP contribution in [0, 0.1) is 17.8 Å². The van der Waals surface area contributed by atoms with E-state index in [-0.39, 0.29) is 47.0 Å². The maximum atomic E-state index is 14.5. The Morgan fingerprint density at radius 3 is 2.68 bits per heavy atom. The number of aliphatic hydroxyl groups excluding tert-OH is 1. The van der Waals surface area contributed by atoms with Crippen molar-refractivity contribution in [3.8, 4) is 0 Å². The molecule has 0 saturated carbocycles. The number of ether oxygens (including phenoxy) is 2. The predicted octanol–water partition coefficient (Wildman–Crippen LogP) is 1.38. The van der Waals surface area contributed by atoms with Crippen LogP contribution in [-0.2, 0) is 23.9 Å². The number of thioether (sulfide) groups is 1. The molecular weight excluding hydrogens is 562 g/mol. The molecule has 3 unspecified atom stereocenters. The molecule has 4 heterocycles. The van der Waals surface area contributed by atoms with Gasteiger partial charge in [0, 0.05) is 42.8 Å². The van der Waals surface area contributed by atoms with Gasteiger partial charge in [0.05, 0.1) is 49.1 Å². The Kier molecular flexibility index (Phi) is 9.31. The number of halogens is 1. The van der Waals surface area contributed by atoms with Gasteiger partial charge in [0.1, 0.15) is 6.04 Å². The van der Waals surface area contributed by atoms with E-state index < -0.39 is 28.7 Å². The summed E-state index contributed by atoms with van der Waals surface area (Å²) in [5, 5.41) is 10.2. The number of alkyl halides is 1. The number of nitrogens with zero attached hydrogens (tertiary/aromatic N) is 3. The molecule has 208 valence electrons. The Bertz CT molecular complexity index is 886. The SMILES string of the molecule is C=CCN(CCN1CCOCC1)C(=O)C1N([C@@H](CO)C(C)C)C(=O)[C@@H]2[C@H](C(=O)OCC)[C@H]3SC12CC3Br. The highest BCUT2D eigenvalue weighted by atomic mass is 79.9. The third kappa shape index (κ3) is 5.11. The number of likely N-dealkylation sites (tertiary alicyclic amines) is 1. The first-order valence-electron chi connectivity index (χ1n) is 13.3. The van der Waals surface area contributed by atoms with E-state index in [0.717, 1.165) is 13.1 Å². The number of amides is 2. The van der Waals surface area contributed by atoms with Crippen molar-refractivity contribution in [1.82, 2.24) is 14.7 Å². The first-order chi connectivity index (χ1) is 17.7. The zero-order valence-corrected chi connectivity index (χ0v) is 24.4. The Labute approximate surface area is 232 Å². The normalized spacial score (nSPS) is 34.1. The van der Waals surface area contributed by atoms with Crippen molar-refractivity contribution in [3.63, 3.8) is 0 Å². The van der Waals surface area contributed by atoms with Gasteiger partial charge in [0.2, 0.25) is 11.8 Å². The molecule has 0 aromatic heterocycles. The summed E-state index contributed by atoms with van der Waals surface area (Å²) in [6.07, 6.45) is 2.32. The van der Waals surface area contributed by atoms with E-state index in [1.54, 1.807) is 34.6 Å². The van der Waals surface area contributed by atoms with Crippen LogP contribution in [0.3, 0.4) is 0 Å². The quantitative estimate of drug-likeness (QED) is 0.215. The lowest BCUT2D eigenvalue weighted by Crippen LogP contribution is -2.59. The molecule has 2 amide bonds. The number of carbonyl (C=O) groups is 3. The minimum Gasteiger partial charge on any atom is -0.466 e. The highest BCUT2D eigenvalue weighted by Crippen LogP contribution is 2.68. The summed E-state index contributed by atoms with van der Waals surface area (Å²) in [7, 11) is 0. The van der Waals surface area contributed by atoms with E-state index in [2.05, 4.69) is 27.4 Å². The van der Waals surface area contributed by atoms with Gasteiger partial charge in [0.15, 0.2) is 0 Å². The van der Waals surface area contributed by atoms with E-state index in [9.17, 15) is 19.5 Å². The molecule has 9 nitrogen and oxygen atoms in total. The van der Waals surface area contributed by atoms with E-state index in [1.165, 1.54) is 0 Å². The highest BCUT2D eigenvalue weighted by Gasteiger charge is 2.76. The maximum absolute atomic E-state index is 14.5. The molecule has 4 fully saturated rings. The molecule has 0 aromatic rings. The van der Waals surface area contributed by atoms with Crippen LogP contribution in [0.5, 0.6) is 0 Å². The highest BCUT2D eigenvalue weighted by molar-refractivity contribution is 9.09. The molecule has 4 aliphatic heterocycles. The van der Waals surface area contributed by atoms with Crippen LogP contribution in [0.4, 0.5) is 0 Å². The molecule has 0 aliphatic carbocycles. The van der Waals surface area contributed by atoms with E-state index >= 15 is 0 Å². The fraction of sp³-hybridized carbons (Fsp3) is 0.808. The summed E-state index contributed by atoms with van der Waals surface area (Å²) in [6.45, 7) is 14.1. The van der Waals surface area contributed by atoms with Crippen LogP contribution in [0.25, 0.3) is 0 Å². The van der Waals surface area contributed by atoms with Gasteiger partial charge in [-0.2, -0.15) is 0 Å². The third-order valence-electron chi connectivity index (χ3n) is 8.28. The molecule has 0 aromatic carbocycles. The Morgan fingerprint density at radius 1 is 1.38 bits per heavy atom. The van der Waals surface area contributed by atoms with E-state index in [4.69, 9.17) is 9.47 Å². The van der Waals surface area contributed by atoms with Gasteiger partial charge in [-0.05, 0) is 19.3 Å². The van der Waals surface area contributed by atoms with Crippen LogP contribution < -0.4 is 0 Å². The maximum Gasteiger partial charge on any atom is 0.310 e. The summed E-state index contributed by atoms with van der Waals surface area (Å²) < 4.78 is 10.1. The van der Waals surface area contributed by atoms with Gasteiger partial charge in [-0.1, -0.05) is 35.9 Å². The lowest BCUT2D eigenvalue weighted by atomic mass is 9.71. The van der Waals surface area contributed by atoms with Crippen molar-refractivity contribution in [1.29, 1.82) is 0 Å². The fourth-order valence-corrected chi connectivity index (χ4v) is 10.1. The average Bonchev–Trinajstić information content (AvgIpc) is 3.46. The lowest BCUT2D eigenvalue weighted by molar-refractivity contribution is -0.154. The zero-order valence-electron chi connectivity index (χ0n) is 22.0. The number of rotatable bonds is 11. The molecule has 37 heavy (non-hydrogen) atoms. The Hall–Kier alpha value is -1.14. The smallest absolute Gasteiger partial charge is 0.310 e. The summed E-state index contributed by atoms with van der Waals surface area (Å²) in [4.78, 5) is 47.4. The van der Waals surface area contributed by atoms with Crippen molar-refractivity contribution in [3.05, 3.63) is 12.7 Å².